The molecule has 1 atom stereocenters. The minimum Gasteiger partial charge on any atom is -0.357 e. The summed E-state index contributed by atoms with van der Waals surface area (Å²) in [6.07, 6.45) is 8.48. The summed E-state index contributed by atoms with van der Waals surface area (Å²) in [6, 6.07) is 33.7. The zero-order chi connectivity index (χ0) is 25.9. The number of nitrogens with one attached hydrogen (secondary N) is 1. The molecular weight excluding hydrogens is 506 g/mol. The number of para-hydroxylation sites is 1. The highest BCUT2D eigenvalue weighted by atomic mass is 32.1. The van der Waals surface area contributed by atoms with Crippen LogP contribution in [0.1, 0.15) is 0 Å². The maximum atomic E-state index is 5.15. The molecule has 0 spiro atoms. The van der Waals surface area contributed by atoms with Gasteiger partial charge in [-0.15, -0.1) is 11.3 Å². The van der Waals surface area contributed by atoms with Gasteiger partial charge in [0, 0.05) is 31.6 Å². The van der Waals surface area contributed by atoms with Crippen molar-refractivity contribution in [2.45, 2.75) is 6.04 Å². The van der Waals surface area contributed by atoms with Crippen LogP contribution in [0.5, 0.6) is 0 Å². The number of hydrogen-bond acceptors (Lipinski definition) is 3. The molecule has 8 aromatic rings. The molecule has 3 nitrogen and oxygen atoms in total. The van der Waals surface area contributed by atoms with E-state index in [0.29, 0.717) is 0 Å². The van der Waals surface area contributed by atoms with Gasteiger partial charge < -0.3 is 5.32 Å². The van der Waals surface area contributed by atoms with Crippen molar-refractivity contribution in [2.75, 3.05) is 5.32 Å². The van der Waals surface area contributed by atoms with Gasteiger partial charge in [-0.05, 0) is 46.2 Å². The van der Waals surface area contributed by atoms with Gasteiger partial charge in [-0.25, -0.2) is 4.99 Å². The summed E-state index contributed by atoms with van der Waals surface area (Å²) in [6.45, 7) is 0. The molecule has 5 aromatic carbocycles. The second-order valence-electron chi connectivity index (χ2n) is 10.9. The minimum absolute atomic E-state index is 0.0942. The number of allylic oxidation sites excluding steroid dienone is 2. The Morgan fingerprint density at radius 2 is 1.50 bits per heavy atom. The molecule has 0 fully saturated rings. The molecule has 1 N–H and O–H groups in total. The Kier molecular flexibility index (Phi) is 3.87. The van der Waals surface area contributed by atoms with Crippen LogP contribution < -0.4 is 5.32 Å². The first kappa shape index (κ1) is 21.0. The molecule has 0 radical (unpaired) electrons. The Hall–Kier alpha value is -4.93. The van der Waals surface area contributed by atoms with Crippen LogP contribution in [0.25, 0.3) is 69.3 Å². The smallest absolute Gasteiger partial charge is 0.139 e. The summed E-state index contributed by atoms with van der Waals surface area (Å²) in [7, 11) is 0. The van der Waals surface area contributed by atoms with Crippen LogP contribution in [0, 0.1) is 0 Å². The maximum Gasteiger partial charge on any atom is 0.139 e. The normalized spacial score (nSPS) is 16.4. The van der Waals surface area contributed by atoms with Gasteiger partial charge in [0.05, 0.1) is 27.5 Å². The van der Waals surface area contributed by atoms with E-state index in [1.54, 1.807) is 0 Å². The van der Waals surface area contributed by atoms with Gasteiger partial charge in [-0.1, -0.05) is 91.0 Å². The van der Waals surface area contributed by atoms with E-state index < -0.39 is 0 Å². The van der Waals surface area contributed by atoms with Crippen LogP contribution in [-0.2, 0) is 0 Å². The molecular formula is C36H21N3S. The fourth-order valence-electron chi connectivity index (χ4n) is 6.86. The number of rotatable bonds is 1. The maximum absolute atomic E-state index is 5.15. The molecule has 1 aliphatic heterocycles. The van der Waals surface area contributed by atoms with Crippen molar-refractivity contribution in [1.82, 2.24) is 4.40 Å². The minimum atomic E-state index is 0.0942. The van der Waals surface area contributed by atoms with Crippen LogP contribution >= 0.6 is 11.3 Å². The Balaban J connectivity index is 1.27. The number of anilines is 1. The number of hydrogen-bond donors (Lipinski definition) is 1. The SMILES string of the molecule is C1=CC2=Nc3c(n4c5c3cccc5c3ccc5c6cc(-c7ccc8ccccc8c7)ccc6sc5c34)NC2C=C1. The lowest BCUT2D eigenvalue weighted by Crippen LogP contribution is -2.30. The standard InChI is InChI=1S/C36H21N3S/c1-2-7-21-18-22(13-12-20(21)6-1)23-14-17-31-28(19-23)26-16-15-25-24-8-5-9-27-32-36(38-30-11-4-3-10-29(30)37-32)39(33(24)27)34(25)35(26)40-31/h1-19,30,38H. The highest BCUT2D eigenvalue weighted by Gasteiger charge is 2.29. The van der Waals surface area contributed by atoms with Crippen LogP contribution in [0.15, 0.2) is 120 Å². The molecule has 1 unspecified atom stereocenters. The summed E-state index contributed by atoms with van der Waals surface area (Å²) in [5.74, 6) is 1.09. The van der Waals surface area contributed by atoms with E-state index >= 15 is 0 Å². The summed E-state index contributed by atoms with van der Waals surface area (Å²) < 4.78 is 5.09. The van der Waals surface area contributed by atoms with Gasteiger partial charge in [-0.3, -0.25) is 4.40 Å². The fourth-order valence-corrected chi connectivity index (χ4v) is 8.08. The third-order valence-electron chi connectivity index (χ3n) is 8.71. The second-order valence-corrected chi connectivity index (χ2v) is 11.9. The number of fused-ring (bicyclic) bond motifs is 12. The first-order chi connectivity index (χ1) is 19.8. The van der Waals surface area contributed by atoms with Gasteiger partial charge in [0.15, 0.2) is 0 Å². The molecule has 3 aromatic heterocycles. The molecule has 4 heterocycles. The van der Waals surface area contributed by atoms with Gasteiger partial charge in [0.25, 0.3) is 0 Å². The van der Waals surface area contributed by atoms with Gasteiger partial charge >= 0.3 is 0 Å². The predicted molar refractivity (Wildman–Crippen MR) is 172 cm³/mol. The third kappa shape index (κ3) is 2.61. The quantitative estimate of drug-likeness (QED) is 0.226. The van der Waals surface area contributed by atoms with Crippen molar-refractivity contribution in [1.29, 1.82) is 0 Å². The van der Waals surface area contributed by atoms with Crippen LogP contribution in [-0.4, -0.2) is 16.2 Å². The lowest BCUT2D eigenvalue weighted by molar-refractivity contribution is 1.09. The summed E-state index contributed by atoms with van der Waals surface area (Å²) in [5, 5.41) is 12.8. The van der Waals surface area contributed by atoms with E-state index in [9.17, 15) is 0 Å². The van der Waals surface area contributed by atoms with E-state index in [0.717, 1.165) is 17.2 Å². The zero-order valence-electron chi connectivity index (χ0n) is 21.3. The van der Waals surface area contributed by atoms with E-state index in [1.807, 2.05) is 11.3 Å². The molecule has 4 heteroatoms. The average Bonchev–Trinajstić information content (AvgIpc) is 3.66. The number of aliphatic imine (C=N–C) groups is 1. The fraction of sp³-hybridized carbons (Fsp3) is 0.0278. The average molecular weight is 528 g/mol. The molecule has 0 saturated carbocycles. The summed E-state index contributed by atoms with van der Waals surface area (Å²) >= 11 is 1.90. The Bertz CT molecular complexity index is 2470. The molecule has 2 aliphatic rings. The highest BCUT2D eigenvalue weighted by molar-refractivity contribution is 7.26. The molecule has 10 rings (SSSR count). The van der Waals surface area contributed by atoms with Gasteiger partial charge in [-0.2, -0.15) is 0 Å². The number of nitrogens with zero attached hydrogens (tertiary/aromatic N) is 2. The number of thiophene rings is 1. The summed E-state index contributed by atoms with van der Waals surface area (Å²) in [5.41, 5.74) is 7.16. The zero-order valence-corrected chi connectivity index (χ0v) is 22.2. The molecule has 0 amide bonds. The van der Waals surface area contributed by atoms with Crippen molar-refractivity contribution < 1.29 is 0 Å². The van der Waals surface area contributed by atoms with E-state index in [-0.39, 0.29) is 6.04 Å². The van der Waals surface area contributed by atoms with Crippen LogP contribution in [0.3, 0.4) is 0 Å². The topological polar surface area (TPSA) is 28.8 Å². The first-order valence-electron chi connectivity index (χ1n) is 13.7. The van der Waals surface area contributed by atoms with E-state index in [1.165, 1.54) is 69.3 Å². The Labute approximate surface area is 233 Å². The van der Waals surface area contributed by atoms with Crippen molar-refractivity contribution in [2.24, 2.45) is 4.99 Å². The van der Waals surface area contributed by atoms with Crippen molar-refractivity contribution in [3.63, 3.8) is 0 Å². The van der Waals surface area contributed by atoms with Crippen LogP contribution in [0.4, 0.5) is 11.5 Å². The Morgan fingerprint density at radius 1 is 0.675 bits per heavy atom. The largest absolute Gasteiger partial charge is 0.357 e. The molecule has 0 saturated heterocycles. The molecule has 186 valence electrons. The monoisotopic (exact) mass is 527 g/mol. The number of benzene rings is 5. The number of aromatic nitrogens is 1. The third-order valence-corrected chi connectivity index (χ3v) is 9.90. The Morgan fingerprint density at radius 3 is 2.48 bits per heavy atom. The van der Waals surface area contributed by atoms with E-state index in [4.69, 9.17) is 4.99 Å². The molecule has 0 bridgehead atoms. The van der Waals surface area contributed by atoms with Crippen molar-refractivity contribution in [3.8, 4) is 11.1 Å². The lowest BCUT2D eigenvalue weighted by Gasteiger charge is -2.23. The first-order valence-corrected chi connectivity index (χ1v) is 14.5. The van der Waals surface area contributed by atoms with Crippen molar-refractivity contribution >= 4 is 86.7 Å². The van der Waals surface area contributed by atoms with Crippen LogP contribution in [0.2, 0.25) is 0 Å². The van der Waals surface area contributed by atoms with E-state index in [2.05, 4.69) is 125 Å². The highest BCUT2D eigenvalue weighted by Crippen LogP contribution is 2.49. The van der Waals surface area contributed by atoms with Gasteiger partial charge in [0.1, 0.15) is 11.5 Å². The molecule has 1 aliphatic carbocycles. The van der Waals surface area contributed by atoms with Crippen molar-refractivity contribution in [3.05, 3.63) is 115 Å². The molecule has 40 heavy (non-hydrogen) atoms. The predicted octanol–water partition coefficient (Wildman–Crippen LogP) is 9.86. The second kappa shape index (κ2) is 7.38. The van der Waals surface area contributed by atoms with Gasteiger partial charge in [0.2, 0.25) is 0 Å². The summed E-state index contributed by atoms with van der Waals surface area (Å²) in [4.78, 5) is 5.15. The lowest BCUT2D eigenvalue weighted by atomic mass is 9.99.